The van der Waals surface area contributed by atoms with Gasteiger partial charge < -0.3 is 14.8 Å². The van der Waals surface area contributed by atoms with E-state index in [-0.39, 0.29) is 0 Å². The second-order valence-electron chi connectivity index (χ2n) is 5.38. The number of imidazole rings is 1. The summed E-state index contributed by atoms with van der Waals surface area (Å²) in [5.41, 5.74) is 1.34. The van der Waals surface area contributed by atoms with Crippen LogP contribution in [0.3, 0.4) is 0 Å². The van der Waals surface area contributed by atoms with E-state index in [4.69, 9.17) is 0 Å². The molecule has 4 heteroatoms. The van der Waals surface area contributed by atoms with Gasteiger partial charge in [0.15, 0.2) is 0 Å². The largest absolute Gasteiger partial charge is 0.370 e. The van der Waals surface area contributed by atoms with E-state index < -0.39 is 0 Å². The predicted octanol–water partition coefficient (Wildman–Crippen LogP) is 2.14. The first-order chi connectivity index (χ1) is 9.92. The first kappa shape index (κ1) is 13.2. The predicted molar refractivity (Wildman–Crippen MR) is 81.9 cm³/mol. The third kappa shape index (κ3) is 3.39. The van der Waals surface area contributed by atoms with Gasteiger partial charge in [0.1, 0.15) is 0 Å². The Labute approximate surface area is 120 Å². The van der Waals surface area contributed by atoms with E-state index in [9.17, 15) is 0 Å². The van der Waals surface area contributed by atoms with Gasteiger partial charge in [-0.1, -0.05) is 18.2 Å². The van der Waals surface area contributed by atoms with Crippen molar-refractivity contribution >= 4 is 5.69 Å². The number of nitrogens with one attached hydrogen (secondary N) is 1. The Morgan fingerprint density at radius 3 is 2.95 bits per heavy atom. The molecule has 4 nitrogen and oxygen atoms in total. The quantitative estimate of drug-likeness (QED) is 0.816. The molecule has 0 aliphatic carbocycles. The molecule has 1 aliphatic rings. The summed E-state index contributed by atoms with van der Waals surface area (Å²) in [6.45, 7) is 4.39. The van der Waals surface area contributed by atoms with Crippen molar-refractivity contribution in [1.82, 2.24) is 14.9 Å². The highest BCUT2D eigenvalue weighted by molar-refractivity contribution is 5.47. The van der Waals surface area contributed by atoms with Gasteiger partial charge in [-0.2, -0.15) is 0 Å². The van der Waals surface area contributed by atoms with Gasteiger partial charge in [0.2, 0.25) is 0 Å². The summed E-state index contributed by atoms with van der Waals surface area (Å²) in [7, 11) is 0. The number of nitrogens with zero attached hydrogens (tertiary/aromatic N) is 3. The van der Waals surface area contributed by atoms with Gasteiger partial charge in [0.05, 0.1) is 6.33 Å². The molecule has 2 aromatic rings. The van der Waals surface area contributed by atoms with Crippen molar-refractivity contribution < 1.29 is 0 Å². The molecular weight excluding hydrogens is 248 g/mol. The fourth-order valence-corrected chi connectivity index (χ4v) is 2.79. The van der Waals surface area contributed by atoms with E-state index in [1.54, 1.807) is 0 Å². The van der Waals surface area contributed by atoms with Crippen molar-refractivity contribution in [3.63, 3.8) is 0 Å². The molecule has 1 N–H and O–H groups in total. The first-order valence-electron chi connectivity index (χ1n) is 7.41. The van der Waals surface area contributed by atoms with Crippen molar-refractivity contribution in [2.75, 3.05) is 24.5 Å². The highest BCUT2D eigenvalue weighted by atomic mass is 15.2. The van der Waals surface area contributed by atoms with Crippen LogP contribution in [0.15, 0.2) is 49.1 Å². The maximum absolute atomic E-state index is 4.06. The summed E-state index contributed by atoms with van der Waals surface area (Å²) >= 11 is 0. The number of aromatic nitrogens is 2. The average molecular weight is 270 g/mol. The lowest BCUT2D eigenvalue weighted by molar-refractivity contribution is 0.514. The van der Waals surface area contributed by atoms with Crippen LogP contribution >= 0.6 is 0 Å². The minimum atomic E-state index is 0.623. The van der Waals surface area contributed by atoms with Crippen LogP contribution in [0.2, 0.25) is 0 Å². The van der Waals surface area contributed by atoms with Crippen LogP contribution in [-0.2, 0) is 6.54 Å². The van der Waals surface area contributed by atoms with Crippen LogP contribution < -0.4 is 10.2 Å². The van der Waals surface area contributed by atoms with Gasteiger partial charge in [-0.3, -0.25) is 0 Å². The molecular formula is C16H22N4. The van der Waals surface area contributed by atoms with Gasteiger partial charge in [-0.25, -0.2) is 4.98 Å². The number of hydrogen-bond acceptors (Lipinski definition) is 3. The van der Waals surface area contributed by atoms with Crippen LogP contribution in [0.4, 0.5) is 5.69 Å². The van der Waals surface area contributed by atoms with Crippen LogP contribution in [0.5, 0.6) is 0 Å². The van der Waals surface area contributed by atoms with Gasteiger partial charge in [0.25, 0.3) is 0 Å². The third-order valence-corrected chi connectivity index (χ3v) is 3.89. The maximum Gasteiger partial charge on any atom is 0.0945 e. The third-order valence-electron chi connectivity index (χ3n) is 3.89. The zero-order chi connectivity index (χ0) is 13.6. The molecule has 0 amide bonds. The van der Waals surface area contributed by atoms with Gasteiger partial charge in [0, 0.05) is 43.8 Å². The summed E-state index contributed by atoms with van der Waals surface area (Å²) in [6.07, 6.45) is 8.12. The lowest BCUT2D eigenvalue weighted by Crippen LogP contribution is -2.33. The number of rotatable bonds is 6. The normalized spacial score (nSPS) is 18.6. The minimum absolute atomic E-state index is 0.623. The Hall–Kier alpha value is -1.81. The van der Waals surface area contributed by atoms with E-state index in [2.05, 4.69) is 50.1 Å². The van der Waals surface area contributed by atoms with Crippen molar-refractivity contribution in [2.24, 2.45) is 0 Å². The Morgan fingerprint density at radius 2 is 2.15 bits per heavy atom. The molecule has 1 aromatic heterocycles. The summed E-state index contributed by atoms with van der Waals surface area (Å²) in [4.78, 5) is 6.52. The second kappa shape index (κ2) is 6.57. The van der Waals surface area contributed by atoms with Crippen molar-refractivity contribution in [3.05, 3.63) is 49.1 Å². The Bertz CT molecular complexity index is 494. The summed E-state index contributed by atoms with van der Waals surface area (Å²) in [5, 5.41) is 3.67. The Balaban J connectivity index is 1.38. The molecule has 0 bridgehead atoms. The summed E-state index contributed by atoms with van der Waals surface area (Å²) in [6, 6.07) is 11.3. The first-order valence-corrected chi connectivity index (χ1v) is 7.41. The SMILES string of the molecule is c1ccc(N2CCC(NCCCn3ccnc3)C2)cc1. The molecule has 1 atom stereocenters. The topological polar surface area (TPSA) is 33.1 Å². The fourth-order valence-electron chi connectivity index (χ4n) is 2.79. The molecule has 1 aliphatic heterocycles. The lowest BCUT2D eigenvalue weighted by Gasteiger charge is -2.19. The zero-order valence-electron chi connectivity index (χ0n) is 11.8. The van der Waals surface area contributed by atoms with Crippen LogP contribution in [0.1, 0.15) is 12.8 Å². The number of para-hydroxylation sites is 1. The number of aryl methyl sites for hydroxylation is 1. The molecule has 0 radical (unpaired) electrons. The fraction of sp³-hybridized carbons (Fsp3) is 0.438. The van der Waals surface area contributed by atoms with E-state index >= 15 is 0 Å². The molecule has 3 rings (SSSR count). The van der Waals surface area contributed by atoms with Gasteiger partial charge >= 0.3 is 0 Å². The zero-order valence-corrected chi connectivity index (χ0v) is 11.8. The van der Waals surface area contributed by atoms with Crippen molar-refractivity contribution in [3.8, 4) is 0 Å². The van der Waals surface area contributed by atoms with Crippen LogP contribution in [0.25, 0.3) is 0 Å². The molecule has 1 fully saturated rings. The van der Waals surface area contributed by atoms with Crippen LogP contribution in [-0.4, -0.2) is 35.2 Å². The molecule has 0 spiro atoms. The van der Waals surface area contributed by atoms with E-state index in [1.807, 2.05) is 18.7 Å². The smallest absolute Gasteiger partial charge is 0.0945 e. The van der Waals surface area contributed by atoms with Gasteiger partial charge in [-0.15, -0.1) is 0 Å². The highest BCUT2D eigenvalue weighted by Crippen LogP contribution is 2.19. The molecule has 1 aromatic carbocycles. The number of hydrogen-bond donors (Lipinski definition) is 1. The van der Waals surface area contributed by atoms with Crippen molar-refractivity contribution in [1.29, 1.82) is 0 Å². The molecule has 0 saturated carbocycles. The van der Waals surface area contributed by atoms with Gasteiger partial charge in [-0.05, 0) is 31.5 Å². The average Bonchev–Trinajstić information content (AvgIpc) is 3.16. The molecule has 1 saturated heterocycles. The Kier molecular flexibility index (Phi) is 4.33. The number of anilines is 1. The standard InChI is InChI=1S/C16H22N4/c1-2-5-16(6-3-1)20-11-7-15(13-20)18-8-4-10-19-12-9-17-14-19/h1-3,5-6,9,12,14-15,18H,4,7-8,10-11,13H2. The summed E-state index contributed by atoms with van der Waals surface area (Å²) in [5.74, 6) is 0. The molecule has 106 valence electrons. The Morgan fingerprint density at radius 1 is 1.25 bits per heavy atom. The van der Waals surface area contributed by atoms with Crippen LogP contribution in [0, 0.1) is 0 Å². The van der Waals surface area contributed by atoms with Crippen molar-refractivity contribution in [2.45, 2.75) is 25.4 Å². The maximum atomic E-state index is 4.06. The van der Waals surface area contributed by atoms with E-state index in [0.29, 0.717) is 6.04 Å². The van der Waals surface area contributed by atoms with E-state index in [1.165, 1.54) is 12.1 Å². The number of benzene rings is 1. The molecule has 2 heterocycles. The molecule has 20 heavy (non-hydrogen) atoms. The van der Waals surface area contributed by atoms with E-state index in [0.717, 1.165) is 32.6 Å². The summed E-state index contributed by atoms with van der Waals surface area (Å²) < 4.78 is 2.13. The second-order valence-corrected chi connectivity index (χ2v) is 5.38. The minimum Gasteiger partial charge on any atom is -0.370 e. The molecule has 1 unspecified atom stereocenters. The highest BCUT2D eigenvalue weighted by Gasteiger charge is 2.21. The monoisotopic (exact) mass is 270 g/mol. The lowest BCUT2D eigenvalue weighted by atomic mass is 10.2.